The van der Waals surface area contributed by atoms with E-state index in [1.54, 1.807) is 36.4 Å². The van der Waals surface area contributed by atoms with Crippen LogP contribution in [-0.4, -0.2) is 16.9 Å². The first-order valence-electron chi connectivity index (χ1n) is 9.61. The predicted molar refractivity (Wildman–Crippen MR) is 117 cm³/mol. The molecule has 30 heavy (non-hydrogen) atoms. The summed E-state index contributed by atoms with van der Waals surface area (Å²) in [5, 5.41) is 24.5. The molecule has 3 rings (SSSR count). The van der Waals surface area contributed by atoms with E-state index in [1.807, 2.05) is 6.07 Å². The van der Waals surface area contributed by atoms with E-state index in [2.05, 4.69) is 5.32 Å². The van der Waals surface area contributed by atoms with Gasteiger partial charge >= 0.3 is 0 Å². The van der Waals surface area contributed by atoms with Crippen LogP contribution in [0, 0.1) is 21.4 Å². The Morgan fingerprint density at radius 1 is 1.20 bits per heavy atom. The third kappa shape index (κ3) is 5.85. The number of nitrogens with one attached hydrogen (secondary N) is 1. The first-order chi connectivity index (χ1) is 14.5. The Bertz CT molecular complexity index is 1010. The number of hydrogen-bond acceptors (Lipinski definition) is 5. The van der Waals surface area contributed by atoms with Crippen molar-refractivity contribution in [2.75, 3.05) is 0 Å². The number of nitro groups is 1. The first-order valence-corrected chi connectivity index (χ1v) is 10.8. The van der Waals surface area contributed by atoms with Crippen LogP contribution in [0.25, 0.3) is 6.08 Å². The third-order valence-corrected chi connectivity index (χ3v) is 6.16. The van der Waals surface area contributed by atoms with Crippen LogP contribution in [0.2, 0.25) is 5.02 Å². The molecule has 1 aliphatic carbocycles. The Morgan fingerprint density at radius 3 is 2.53 bits per heavy atom. The molecule has 0 aromatic heterocycles. The van der Waals surface area contributed by atoms with Crippen LogP contribution in [0.4, 0.5) is 5.69 Å². The van der Waals surface area contributed by atoms with Crippen molar-refractivity contribution < 1.29 is 9.72 Å². The summed E-state index contributed by atoms with van der Waals surface area (Å²) in [5.41, 5.74) is 0.277. The molecule has 154 valence electrons. The smallest absolute Gasteiger partial charge is 0.283 e. The summed E-state index contributed by atoms with van der Waals surface area (Å²) in [6.45, 7) is 0. The molecule has 0 radical (unpaired) electrons. The summed E-state index contributed by atoms with van der Waals surface area (Å²) in [6.07, 6.45) is 6.50. The Hall–Kier alpha value is -2.82. The molecule has 1 fully saturated rings. The van der Waals surface area contributed by atoms with E-state index in [1.165, 1.54) is 23.9 Å². The lowest BCUT2D eigenvalue weighted by atomic mass is 9.95. The van der Waals surface area contributed by atoms with Crippen molar-refractivity contribution in [1.82, 2.24) is 5.32 Å². The number of nitrogens with zero attached hydrogens (tertiary/aromatic N) is 2. The number of hydrogen-bond donors (Lipinski definition) is 1. The minimum Gasteiger partial charge on any atom is -0.349 e. The van der Waals surface area contributed by atoms with Crippen molar-refractivity contribution >= 4 is 41.0 Å². The molecule has 0 atom stereocenters. The summed E-state index contributed by atoms with van der Waals surface area (Å²) in [4.78, 5) is 24.8. The van der Waals surface area contributed by atoms with Crippen LogP contribution >= 0.6 is 23.4 Å². The van der Waals surface area contributed by atoms with Crippen LogP contribution < -0.4 is 5.32 Å². The van der Waals surface area contributed by atoms with Crippen molar-refractivity contribution in [2.24, 2.45) is 0 Å². The second-order valence-corrected chi connectivity index (χ2v) is 8.57. The number of nitro benzene ring substituents is 1. The quantitative estimate of drug-likeness (QED) is 0.266. The molecule has 1 amide bonds. The van der Waals surface area contributed by atoms with E-state index in [0.29, 0.717) is 15.5 Å². The number of halogens is 1. The van der Waals surface area contributed by atoms with Crippen molar-refractivity contribution in [2.45, 2.75) is 47.9 Å². The van der Waals surface area contributed by atoms with E-state index < -0.39 is 10.8 Å². The highest BCUT2D eigenvalue weighted by Gasteiger charge is 2.19. The average Bonchev–Trinajstić information content (AvgIpc) is 2.75. The van der Waals surface area contributed by atoms with E-state index in [-0.39, 0.29) is 17.3 Å². The maximum absolute atomic E-state index is 12.5. The van der Waals surface area contributed by atoms with Gasteiger partial charge in [0.05, 0.1) is 9.82 Å². The summed E-state index contributed by atoms with van der Waals surface area (Å²) in [7, 11) is 0. The van der Waals surface area contributed by atoms with E-state index in [4.69, 9.17) is 11.6 Å². The van der Waals surface area contributed by atoms with Gasteiger partial charge in [0, 0.05) is 22.0 Å². The lowest BCUT2D eigenvalue weighted by Crippen LogP contribution is -2.36. The third-order valence-electron chi connectivity index (χ3n) is 4.84. The molecule has 6 nitrogen and oxygen atoms in total. The largest absolute Gasteiger partial charge is 0.349 e. The SMILES string of the molecule is N#CC(=Cc1ccc(Sc2ccc(Cl)cc2)c([N+](=O)[O-])c1)C(=O)NC1CCCCC1. The van der Waals surface area contributed by atoms with Crippen molar-refractivity contribution in [3.63, 3.8) is 0 Å². The molecule has 0 spiro atoms. The normalized spacial score (nSPS) is 14.7. The molecular weight excluding hydrogens is 422 g/mol. The minimum atomic E-state index is -0.469. The molecular formula is C22H20ClN3O3S. The van der Waals surface area contributed by atoms with Crippen LogP contribution in [0.1, 0.15) is 37.7 Å². The van der Waals surface area contributed by atoms with Crippen LogP contribution in [0.15, 0.2) is 57.8 Å². The van der Waals surface area contributed by atoms with Crippen LogP contribution in [-0.2, 0) is 4.79 Å². The fourth-order valence-corrected chi connectivity index (χ4v) is 4.33. The molecule has 1 aliphatic rings. The standard InChI is InChI=1S/C22H20ClN3O3S/c23-17-7-9-19(10-8-17)30-21-11-6-15(13-20(21)26(28)29)12-16(14-24)22(27)25-18-4-2-1-3-5-18/h6-13,18H,1-5H2,(H,25,27). The molecule has 8 heteroatoms. The summed E-state index contributed by atoms with van der Waals surface area (Å²) < 4.78 is 0. The number of carbonyl (C=O) groups is 1. The summed E-state index contributed by atoms with van der Waals surface area (Å²) in [5.74, 6) is -0.438. The second kappa shape index (κ2) is 10.3. The molecule has 1 saturated carbocycles. The van der Waals surface area contributed by atoms with Gasteiger partial charge < -0.3 is 5.32 Å². The van der Waals surface area contributed by atoms with E-state index in [9.17, 15) is 20.2 Å². The highest BCUT2D eigenvalue weighted by molar-refractivity contribution is 7.99. The summed E-state index contributed by atoms with van der Waals surface area (Å²) in [6, 6.07) is 13.7. The molecule has 0 unspecified atom stereocenters. The van der Waals surface area contributed by atoms with Gasteiger partial charge in [-0.05, 0) is 54.8 Å². The number of nitriles is 1. The van der Waals surface area contributed by atoms with Gasteiger partial charge in [-0.3, -0.25) is 14.9 Å². The molecule has 2 aromatic rings. The van der Waals surface area contributed by atoms with Gasteiger partial charge in [0.25, 0.3) is 11.6 Å². The van der Waals surface area contributed by atoms with Crippen LogP contribution in [0.5, 0.6) is 0 Å². The highest BCUT2D eigenvalue weighted by Crippen LogP contribution is 2.36. The monoisotopic (exact) mass is 441 g/mol. The fourth-order valence-electron chi connectivity index (χ4n) is 3.31. The van der Waals surface area contributed by atoms with Crippen molar-refractivity contribution in [1.29, 1.82) is 5.26 Å². The van der Waals surface area contributed by atoms with Gasteiger partial charge in [0.1, 0.15) is 11.6 Å². The number of amides is 1. The van der Waals surface area contributed by atoms with Gasteiger partial charge in [0.2, 0.25) is 0 Å². The highest BCUT2D eigenvalue weighted by atomic mass is 35.5. The maximum Gasteiger partial charge on any atom is 0.283 e. The Labute approximate surface area is 184 Å². The lowest BCUT2D eigenvalue weighted by Gasteiger charge is -2.22. The molecule has 1 N–H and O–H groups in total. The molecule has 2 aromatic carbocycles. The van der Waals surface area contributed by atoms with Gasteiger partial charge in [-0.15, -0.1) is 0 Å². The molecule has 0 aliphatic heterocycles. The fraction of sp³-hybridized carbons (Fsp3) is 0.273. The average molecular weight is 442 g/mol. The molecule has 0 bridgehead atoms. The van der Waals surface area contributed by atoms with Gasteiger partial charge in [0.15, 0.2) is 0 Å². The Kier molecular flexibility index (Phi) is 7.50. The second-order valence-electron chi connectivity index (χ2n) is 7.02. The predicted octanol–water partition coefficient (Wildman–Crippen LogP) is 5.76. The first kappa shape index (κ1) is 21.9. The number of rotatable bonds is 6. The molecule has 0 saturated heterocycles. The lowest BCUT2D eigenvalue weighted by molar-refractivity contribution is -0.387. The number of carbonyl (C=O) groups excluding carboxylic acids is 1. The summed E-state index contributed by atoms with van der Waals surface area (Å²) >= 11 is 7.13. The minimum absolute atomic E-state index is 0.0621. The van der Waals surface area contributed by atoms with Gasteiger partial charge in [-0.25, -0.2) is 0 Å². The topological polar surface area (TPSA) is 96.0 Å². The maximum atomic E-state index is 12.5. The van der Waals surface area contributed by atoms with E-state index >= 15 is 0 Å². The zero-order chi connectivity index (χ0) is 21.5. The number of benzene rings is 2. The van der Waals surface area contributed by atoms with Crippen LogP contribution in [0.3, 0.4) is 0 Å². The Balaban J connectivity index is 1.81. The zero-order valence-electron chi connectivity index (χ0n) is 16.1. The van der Waals surface area contributed by atoms with Crippen molar-refractivity contribution in [3.8, 4) is 6.07 Å². The van der Waals surface area contributed by atoms with Crippen molar-refractivity contribution in [3.05, 3.63) is 68.7 Å². The Morgan fingerprint density at radius 2 is 1.90 bits per heavy atom. The van der Waals surface area contributed by atoms with E-state index in [0.717, 1.165) is 37.0 Å². The zero-order valence-corrected chi connectivity index (χ0v) is 17.7. The molecule has 0 heterocycles. The van der Waals surface area contributed by atoms with Gasteiger partial charge in [-0.2, -0.15) is 5.26 Å². The van der Waals surface area contributed by atoms with Gasteiger partial charge in [-0.1, -0.05) is 48.7 Å².